The molecule has 2 heterocycles. The van der Waals surface area contributed by atoms with Crippen molar-refractivity contribution < 1.29 is 27.5 Å². The lowest BCUT2D eigenvalue weighted by Crippen LogP contribution is -2.28. The van der Waals surface area contributed by atoms with E-state index in [1.807, 2.05) is 24.3 Å². The van der Waals surface area contributed by atoms with Crippen LogP contribution < -0.4 is 10.1 Å². The fourth-order valence-electron chi connectivity index (χ4n) is 3.96. The Morgan fingerprint density at radius 3 is 2.71 bits per heavy atom. The van der Waals surface area contributed by atoms with E-state index in [2.05, 4.69) is 16.9 Å². The van der Waals surface area contributed by atoms with Gasteiger partial charge in [-0.3, -0.25) is 9.59 Å². The van der Waals surface area contributed by atoms with E-state index in [0.717, 1.165) is 33.5 Å². The number of thiazole rings is 1. The number of hydrogen-bond acceptors (Lipinski definition) is 8. The number of fused-ring (bicyclic) bond motifs is 2. The quantitative estimate of drug-likeness (QED) is 0.351. The van der Waals surface area contributed by atoms with Crippen molar-refractivity contribution in [2.45, 2.75) is 25.8 Å². The molecule has 2 aromatic heterocycles. The van der Waals surface area contributed by atoms with Crippen LogP contribution in [0.5, 0.6) is 0 Å². The second-order valence-electron chi connectivity index (χ2n) is 7.89. The molecule has 0 spiro atoms. The maximum atomic E-state index is 12.6. The molecule has 0 saturated heterocycles. The summed E-state index contributed by atoms with van der Waals surface area (Å²) < 4.78 is 32.7. The minimum absolute atomic E-state index is 0.272. The number of esters is 1. The highest BCUT2D eigenvalue weighted by atomic mass is 32.2. The first-order valence-electron chi connectivity index (χ1n) is 10.7. The Morgan fingerprint density at radius 2 is 1.97 bits per heavy atom. The van der Waals surface area contributed by atoms with E-state index in [4.69, 9.17) is 4.74 Å². The van der Waals surface area contributed by atoms with E-state index in [9.17, 15) is 22.8 Å². The Labute approximate surface area is 209 Å². The highest BCUT2D eigenvalue weighted by Gasteiger charge is 2.29. The highest BCUT2D eigenvalue weighted by Crippen LogP contribution is 2.39. The minimum Gasteiger partial charge on any atom is -0.465 e. The van der Waals surface area contributed by atoms with Gasteiger partial charge in [-0.15, -0.1) is 17.9 Å². The molecule has 2 amide bonds. The van der Waals surface area contributed by atoms with Crippen molar-refractivity contribution in [1.29, 1.82) is 0 Å². The number of methoxy groups -OCH3 is 1. The maximum Gasteiger partial charge on any atom is 0.341 e. The summed E-state index contributed by atoms with van der Waals surface area (Å²) in [6.45, 7) is 4.12. The molecule has 0 bridgehead atoms. The number of anilines is 1. The molecular weight excluding hydrogens is 510 g/mol. The van der Waals surface area contributed by atoms with Crippen LogP contribution in [-0.2, 0) is 43.5 Å². The molecule has 1 aliphatic carbocycles. The lowest BCUT2D eigenvalue weighted by atomic mass is 10.1. The minimum atomic E-state index is -4.10. The molecule has 0 fully saturated rings. The monoisotopic (exact) mass is 533 g/mol. The normalized spacial score (nSPS) is 13.6. The number of aryl methyl sites for hydroxylation is 1. The molecule has 9 nitrogen and oxygen atoms in total. The number of aromatic nitrogens is 1. The number of amides is 2. The largest absolute Gasteiger partial charge is 0.465 e. The van der Waals surface area contributed by atoms with Crippen LogP contribution in [0.3, 0.4) is 0 Å². The number of carbonyl (C=O) groups is 3. The van der Waals surface area contributed by atoms with E-state index in [0.29, 0.717) is 17.8 Å². The molecule has 12 heteroatoms. The second kappa shape index (κ2) is 10.3. The average Bonchev–Trinajstić information content (AvgIpc) is 3.46. The van der Waals surface area contributed by atoms with Gasteiger partial charge >= 0.3 is 5.97 Å². The first kappa shape index (κ1) is 25.0. The van der Waals surface area contributed by atoms with E-state index in [-0.39, 0.29) is 10.6 Å². The number of rotatable bonds is 8. The number of para-hydroxylation sites is 1. The maximum absolute atomic E-state index is 12.6. The number of hydrogen-bond donors (Lipinski definition) is 1. The van der Waals surface area contributed by atoms with Crippen LogP contribution in [-0.4, -0.2) is 49.4 Å². The molecule has 1 aromatic carbocycles. The van der Waals surface area contributed by atoms with Crippen LogP contribution in [0.25, 0.3) is 10.2 Å². The number of ether oxygens (including phenoxy) is 1. The topological polar surface area (TPSA) is 124 Å². The molecule has 0 radical (unpaired) electrons. The zero-order valence-corrected chi connectivity index (χ0v) is 21.4. The number of allylic oxidation sites excluding steroid dienone is 1. The summed E-state index contributed by atoms with van der Waals surface area (Å²) in [5.41, 5.74) is 1.97. The molecule has 1 N–H and O–H groups in total. The Balaban J connectivity index is 1.49. The predicted octanol–water partition coefficient (Wildman–Crippen LogP) is 2.71. The Bertz CT molecular complexity index is 1510. The van der Waals surface area contributed by atoms with Gasteiger partial charge in [-0.25, -0.2) is 13.2 Å². The molecule has 4 rings (SSSR count). The first-order chi connectivity index (χ1) is 16.7. The summed E-state index contributed by atoms with van der Waals surface area (Å²) in [7, 11) is -2.85. The molecular formula is C23H23N3O6S3. The van der Waals surface area contributed by atoms with Gasteiger partial charge in [-0.1, -0.05) is 29.5 Å². The van der Waals surface area contributed by atoms with E-state index < -0.39 is 39.1 Å². The predicted molar refractivity (Wildman–Crippen MR) is 136 cm³/mol. The fourth-order valence-corrected chi connectivity index (χ4v) is 7.33. The van der Waals surface area contributed by atoms with Crippen molar-refractivity contribution in [2.24, 2.45) is 4.99 Å². The van der Waals surface area contributed by atoms with Gasteiger partial charge in [0, 0.05) is 11.4 Å². The van der Waals surface area contributed by atoms with Crippen molar-refractivity contribution in [1.82, 2.24) is 4.57 Å². The average molecular weight is 534 g/mol. The first-order valence-corrected chi connectivity index (χ1v) is 14.2. The van der Waals surface area contributed by atoms with Gasteiger partial charge in [0.2, 0.25) is 5.91 Å². The number of nitrogens with one attached hydrogen (secondary N) is 1. The third-order valence-corrected chi connectivity index (χ3v) is 9.03. The molecule has 0 aliphatic heterocycles. The van der Waals surface area contributed by atoms with Gasteiger partial charge < -0.3 is 14.6 Å². The van der Waals surface area contributed by atoms with Gasteiger partial charge in [-0.2, -0.15) is 4.99 Å². The van der Waals surface area contributed by atoms with Crippen molar-refractivity contribution in [3.8, 4) is 0 Å². The molecule has 1 aliphatic rings. The number of thiophene rings is 1. The lowest BCUT2D eigenvalue weighted by molar-refractivity contribution is -0.115. The molecule has 0 saturated carbocycles. The molecule has 3 aromatic rings. The summed E-state index contributed by atoms with van der Waals surface area (Å²) in [6.07, 6.45) is 4.06. The Kier molecular flexibility index (Phi) is 7.33. The van der Waals surface area contributed by atoms with Gasteiger partial charge in [0.05, 0.1) is 22.9 Å². The summed E-state index contributed by atoms with van der Waals surface area (Å²) in [4.78, 5) is 42.6. The van der Waals surface area contributed by atoms with Crippen molar-refractivity contribution in [2.75, 3.05) is 23.9 Å². The van der Waals surface area contributed by atoms with Gasteiger partial charge in [0.1, 0.15) is 16.5 Å². The zero-order valence-electron chi connectivity index (χ0n) is 18.9. The van der Waals surface area contributed by atoms with Crippen LogP contribution in [0.1, 0.15) is 27.2 Å². The van der Waals surface area contributed by atoms with Crippen LogP contribution >= 0.6 is 22.7 Å². The second-order valence-corrected chi connectivity index (χ2v) is 12.1. The zero-order chi connectivity index (χ0) is 25.2. The highest BCUT2D eigenvalue weighted by molar-refractivity contribution is 7.92. The van der Waals surface area contributed by atoms with Gasteiger partial charge in [0.15, 0.2) is 14.6 Å². The third-order valence-electron chi connectivity index (χ3n) is 5.38. The number of sulfone groups is 1. The Hall–Kier alpha value is -3.09. The summed E-state index contributed by atoms with van der Waals surface area (Å²) in [5, 5.41) is 2.79. The summed E-state index contributed by atoms with van der Waals surface area (Å²) in [6, 6.07) is 7.48. The van der Waals surface area contributed by atoms with Crippen molar-refractivity contribution in [3.63, 3.8) is 0 Å². The van der Waals surface area contributed by atoms with E-state index in [1.54, 1.807) is 10.6 Å². The molecule has 0 atom stereocenters. The third kappa shape index (κ3) is 5.44. The number of benzene rings is 1. The SMILES string of the molecule is C=CCn1c(=NC(=O)CS(=O)(=O)CC(=O)Nc2sc3c(c2C(=O)OC)CCC3)sc2ccccc21. The van der Waals surface area contributed by atoms with E-state index in [1.165, 1.54) is 29.8 Å². The van der Waals surface area contributed by atoms with Crippen molar-refractivity contribution in [3.05, 3.63) is 57.7 Å². The molecule has 35 heavy (non-hydrogen) atoms. The van der Waals surface area contributed by atoms with Crippen molar-refractivity contribution >= 4 is 65.5 Å². The van der Waals surface area contributed by atoms with Gasteiger partial charge in [-0.05, 0) is 37.0 Å². The fraction of sp³-hybridized carbons (Fsp3) is 0.304. The summed E-state index contributed by atoms with van der Waals surface area (Å²) in [5.74, 6) is -4.09. The van der Waals surface area contributed by atoms with Gasteiger partial charge in [0.25, 0.3) is 5.91 Å². The molecule has 184 valence electrons. The number of nitrogens with zero attached hydrogens (tertiary/aromatic N) is 2. The summed E-state index contributed by atoms with van der Waals surface area (Å²) >= 11 is 2.51. The standard InChI is InChI=1S/C23H23N3O6S3/c1-3-11-26-15-8-4-5-9-17(15)34-23(26)25-19(28)13-35(30,31)12-18(27)24-21-20(22(29)32-2)14-7-6-10-16(14)33-21/h3-5,8-9H,1,6-7,10-13H2,2H3,(H,24,27). The lowest BCUT2D eigenvalue weighted by Gasteiger charge is -2.07. The van der Waals surface area contributed by atoms with Crippen LogP contribution in [0.4, 0.5) is 5.00 Å². The Morgan fingerprint density at radius 1 is 1.20 bits per heavy atom. The van der Waals surface area contributed by atoms with Crippen LogP contribution in [0, 0.1) is 0 Å². The number of carbonyl (C=O) groups excluding carboxylic acids is 3. The van der Waals surface area contributed by atoms with Crippen LogP contribution in [0.15, 0.2) is 41.9 Å². The van der Waals surface area contributed by atoms with Crippen LogP contribution in [0.2, 0.25) is 0 Å². The molecule has 0 unspecified atom stereocenters. The smallest absolute Gasteiger partial charge is 0.341 e. The van der Waals surface area contributed by atoms with E-state index >= 15 is 0 Å².